The number of nitrogens with zero attached hydrogens (tertiary/aromatic N) is 1. The molecule has 0 spiro atoms. The number of carbonyl (C=O) groups is 1. The van der Waals surface area contributed by atoms with Gasteiger partial charge >= 0.3 is 0 Å². The summed E-state index contributed by atoms with van der Waals surface area (Å²) in [5.41, 5.74) is 1.91. The van der Waals surface area contributed by atoms with E-state index in [1.54, 1.807) is 11.9 Å². The standard InChI is InChI=1S/C14H22N2O2/c1-10-8-11(2)15-12(10)13(17)16(3)9-14(18)6-4-5-7-14/h8,15,18H,4-7,9H2,1-3H3. The molecule has 0 bridgehead atoms. The van der Waals surface area contributed by atoms with Gasteiger partial charge in [0.05, 0.1) is 5.60 Å². The number of nitrogens with one attached hydrogen (secondary N) is 1. The molecule has 1 aromatic rings. The average molecular weight is 250 g/mol. The summed E-state index contributed by atoms with van der Waals surface area (Å²) in [6.07, 6.45) is 3.71. The van der Waals surface area contributed by atoms with E-state index in [-0.39, 0.29) is 5.91 Å². The monoisotopic (exact) mass is 250 g/mol. The number of amides is 1. The molecule has 1 amide bonds. The Labute approximate surface area is 108 Å². The van der Waals surface area contributed by atoms with Crippen molar-refractivity contribution in [1.29, 1.82) is 0 Å². The first kappa shape index (κ1) is 13.1. The lowest BCUT2D eigenvalue weighted by molar-refractivity contribution is 0.0154. The minimum Gasteiger partial charge on any atom is -0.388 e. The Balaban J connectivity index is 2.07. The number of hydrogen-bond donors (Lipinski definition) is 2. The third-order valence-corrected chi connectivity index (χ3v) is 3.78. The van der Waals surface area contributed by atoms with Crippen LogP contribution in [-0.2, 0) is 0 Å². The van der Waals surface area contributed by atoms with Gasteiger partial charge in [-0.05, 0) is 38.3 Å². The Morgan fingerprint density at radius 2 is 2.06 bits per heavy atom. The molecule has 1 saturated carbocycles. The van der Waals surface area contributed by atoms with E-state index >= 15 is 0 Å². The number of aliphatic hydroxyl groups is 1. The van der Waals surface area contributed by atoms with Crippen molar-refractivity contribution < 1.29 is 9.90 Å². The Hall–Kier alpha value is -1.29. The van der Waals surface area contributed by atoms with Crippen molar-refractivity contribution in [2.24, 2.45) is 0 Å². The lowest BCUT2D eigenvalue weighted by Gasteiger charge is -2.28. The lowest BCUT2D eigenvalue weighted by atomic mass is 10.0. The second-order valence-corrected chi connectivity index (χ2v) is 5.60. The topological polar surface area (TPSA) is 56.3 Å². The molecule has 1 aliphatic rings. The first-order valence-corrected chi connectivity index (χ1v) is 6.55. The lowest BCUT2D eigenvalue weighted by Crippen LogP contribution is -2.42. The van der Waals surface area contributed by atoms with E-state index in [2.05, 4.69) is 4.98 Å². The van der Waals surface area contributed by atoms with Crippen LogP contribution in [0.3, 0.4) is 0 Å². The van der Waals surface area contributed by atoms with E-state index in [1.807, 2.05) is 19.9 Å². The van der Waals surface area contributed by atoms with Gasteiger partial charge in [0, 0.05) is 19.3 Å². The van der Waals surface area contributed by atoms with Crippen LogP contribution in [0.4, 0.5) is 0 Å². The summed E-state index contributed by atoms with van der Waals surface area (Å²) < 4.78 is 0. The summed E-state index contributed by atoms with van der Waals surface area (Å²) in [5, 5.41) is 10.3. The molecule has 1 heterocycles. The molecule has 4 heteroatoms. The van der Waals surface area contributed by atoms with Gasteiger partial charge in [0.25, 0.3) is 5.91 Å². The van der Waals surface area contributed by atoms with E-state index in [0.29, 0.717) is 12.2 Å². The number of aromatic amines is 1. The normalized spacial score (nSPS) is 18.0. The minimum absolute atomic E-state index is 0.0408. The Morgan fingerprint density at radius 3 is 2.56 bits per heavy atom. The first-order chi connectivity index (χ1) is 8.41. The largest absolute Gasteiger partial charge is 0.388 e. The van der Waals surface area contributed by atoms with Crippen LogP contribution in [0.15, 0.2) is 6.07 Å². The van der Waals surface area contributed by atoms with Gasteiger partial charge in [0.15, 0.2) is 0 Å². The average Bonchev–Trinajstić information content (AvgIpc) is 2.84. The summed E-state index contributed by atoms with van der Waals surface area (Å²) in [6, 6.07) is 1.96. The maximum Gasteiger partial charge on any atom is 0.270 e. The third kappa shape index (κ3) is 2.58. The number of hydrogen-bond acceptors (Lipinski definition) is 2. The number of aromatic nitrogens is 1. The van der Waals surface area contributed by atoms with Crippen molar-refractivity contribution in [2.45, 2.75) is 45.1 Å². The molecule has 0 atom stereocenters. The Bertz CT molecular complexity index is 445. The van der Waals surface area contributed by atoms with Gasteiger partial charge in [-0.25, -0.2) is 0 Å². The van der Waals surface area contributed by atoms with E-state index < -0.39 is 5.60 Å². The van der Waals surface area contributed by atoms with Crippen LogP contribution in [0.1, 0.15) is 47.4 Å². The van der Waals surface area contributed by atoms with Crippen molar-refractivity contribution in [2.75, 3.05) is 13.6 Å². The Morgan fingerprint density at radius 1 is 1.44 bits per heavy atom. The van der Waals surface area contributed by atoms with Crippen LogP contribution in [0.25, 0.3) is 0 Å². The van der Waals surface area contributed by atoms with Crippen LogP contribution in [-0.4, -0.2) is 40.1 Å². The fraction of sp³-hybridized carbons (Fsp3) is 0.643. The van der Waals surface area contributed by atoms with E-state index in [4.69, 9.17) is 0 Å². The van der Waals surface area contributed by atoms with Gasteiger partial charge in [0.2, 0.25) is 0 Å². The molecular formula is C14H22N2O2. The molecule has 1 fully saturated rings. The van der Waals surface area contributed by atoms with Gasteiger partial charge in [-0.3, -0.25) is 4.79 Å². The summed E-state index contributed by atoms with van der Waals surface area (Å²) in [6.45, 7) is 4.28. The molecule has 0 radical (unpaired) electrons. The van der Waals surface area contributed by atoms with E-state index in [1.165, 1.54) is 0 Å². The highest BCUT2D eigenvalue weighted by Gasteiger charge is 2.33. The number of rotatable bonds is 3. The predicted octanol–water partition coefficient (Wildman–Crippen LogP) is 2.01. The van der Waals surface area contributed by atoms with Crippen molar-refractivity contribution in [1.82, 2.24) is 9.88 Å². The van der Waals surface area contributed by atoms with Gasteiger partial charge in [-0.1, -0.05) is 12.8 Å². The van der Waals surface area contributed by atoms with Crippen LogP contribution in [0.5, 0.6) is 0 Å². The van der Waals surface area contributed by atoms with Gasteiger partial charge < -0.3 is 15.0 Å². The maximum atomic E-state index is 12.3. The first-order valence-electron chi connectivity index (χ1n) is 6.55. The predicted molar refractivity (Wildman–Crippen MR) is 70.6 cm³/mol. The second kappa shape index (κ2) is 4.76. The number of likely N-dealkylation sites (N-methyl/N-ethyl adjacent to an activating group) is 1. The highest BCUT2D eigenvalue weighted by Crippen LogP contribution is 2.30. The zero-order valence-electron chi connectivity index (χ0n) is 11.4. The molecule has 4 nitrogen and oxygen atoms in total. The highest BCUT2D eigenvalue weighted by molar-refractivity contribution is 5.93. The summed E-state index contributed by atoms with van der Waals surface area (Å²) in [4.78, 5) is 17.0. The molecule has 18 heavy (non-hydrogen) atoms. The van der Waals surface area contributed by atoms with Crippen LogP contribution in [0.2, 0.25) is 0 Å². The molecule has 2 rings (SSSR count). The van der Waals surface area contributed by atoms with E-state index in [9.17, 15) is 9.90 Å². The number of H-pyrrole nitrogens is 1. The fourth-order valence-electron chi connectivity index (χ4n) is 2.85. The zero-order chi connectivity index (χ0) is 13.3. The van der Waals surface area contributed by atoms with Gasteiger partial charge in [-0.15, -0.1) is 0 Å². The number of carbonyl (C=O) groups excluding carboxylic acids is 1. The van der Waals surface area contributed by atoms with Gasteiger partial charge in [-0.2, -0.15) is 0 Å². The SMILES string of the molecule is Cc1cc(C)c(C(=O)N(C)CC2(O)CCCC2)[nH]1. The molecule has 0 saturated heterocycles. The molecule has 0 aliphatic heterocycles. The molecule has 1 aliphatic carbocycles. The van der Waals surface area contributed by atoms with Gasteiger partial charge in [0.1, 0.15) is 5.69 Å². The van der Waals surface area contributed by atoms with Crippen molar-refractivity contribution in [3.63, 3.8) is 0 Å². The van der Waals surface area contributed by atoms with Crippen LogP contribution >= 0.6 is 0 Å². The summed E-state index contributed by atoms with van der Waals surface area (Å²) in [5.74, 6) is -0.0408. The van der Waals surface area contributed by atoms with Crippen molar-refractivity contribution in [3.8, 4) is 0 Å². The Kier molecular flexibility index (Phi) is 3.48. The van der Waals surface area contributed by atoms with E-state index in [0.717, 1.165) is 36.9 Å². The number of aryl methyl sites for hydroxylation is 2. The summed E-state index contributed by atoms with van der Waals surface area (Å²) in [7, 11) is 1.76. The van der Waals surface area contributed by atoms with Crippen molar-refractivity contribution in [3.05, 3.63) is 23.0 Å². The molecule has 0 unspecified atom stereocenters. The molecular weight excluding hydrogens is 228 g/mol. The summed E-state index contributed by atoms with van der Waals surface area (Å²) >= 11 is 0. The van der Waals surface area contributed by atoms with Crippen molar-refractivity contribution >= 4 is 5.91 Å². The second-order valence-electron chi connectivity index (χ2n) is 5.60. The quantitative estimate of drug-likeness (QED) is 0.862. The molecule has 100 valence electrons. The molecule has 0 aromatic carbocycles. The maximum absolute atomic E-state index is 12.3. The smallest absolute Gasteiger partial charge is 0.270 e. The van der Waals surface area contributed by atoms with Crippen LogP contribution in [0, 0.1) is 13.8 Å². The third-order valence-electron chi connectivity index (χ3n) is 3.78. The zero-order valence-corrected chi connectivity index (χ0v) is 11.4. The highest BCUT2D eigenvalue weighted by atomic mass is 16.3. The van der Waals surface area contributed by atoms with Crippen LogP contribution < -0.4 is 0 Å². The molecule has 2 N–H and O–H groups in total. The fourth-order valence-corrected chi connectivity index (χ4v) is 2.85. The molecule has 1 aromatic heterocycles. The minimum atomic E-state index is -0.681.